The fraction of sp³-hybridized carbons (Fsp3) is 0.208. The highest BCUT2D eigenvalue weighted by Crippen LogP contribution is 2.39. The lowest BCUT2D eigenvalue weighted by Gasteiger charge is -2.14. The molecule has 4 rings (SSSR count). The number of amides is 1. The minimum absolute atomic E-state index is 0.194. The van der Waals surface area contributed by atoms with Crippen LogP contribution in [-0.4, -0.2) is 24.5 Å². The van der Waals surface area contributed by atoms with E-state index in [4.69, 9.17) is 9.47 Å². The number of aryl methyl sites for hydroxylation is 1. The van der Waals surface area contributed by atoms with E-state index in [0.717, 1.165) is 16.9 Å². The first-order chi connectivity index (χ1) is 15.4. The molecule has 1 unspecified atom stereocenters. The van der Waals surface area contributed by atoms with Crippen molar-refractivity contribution in [1.82, 2.24) is 0 Å². The van der Waals surface area contributed by atoms with E-state index in [9.17, 15) is 14.4 Å². The van der Waals surface area contributed by atoms with E-state index in [1.807, 2.05) is 37.3 Å². The van der Waals surface area contributed by atoms with Crippen LogP contribution >= 0.6 is 11.3 Å². The molecule has 0 aliphatic carbocycles. The van der Waals surface area contributed by atoms with Crippen LogP contribution < -0.4 is 10.6 Å². The fourth-order valence-electron chi connectivity index (χ4n) is 3.54. The number of carbonyl (C=O) groups excluding carboxylic acids is 3. The summed E-state index contributed by atoms with van der Waals surface area (Å²) in [6.07, 6.45) is -0.766. The Bertz CT molecular complexity index is 1220. The van der Waals surface area contributed by atoms with Gasteiger partial charge < -0.3 is 20.1 Å². The number of benzene rings is 2. The average molecular weight is 451 g/mol. The summed E-state index contributed by atoms with van der Waals surface area (Å²) in [7, 11) is 0. The maximum atomic E-state index is 13.1. The number of para-hydroxylation sites is 1. The standard InChI is InChI=1S/C24H22N2O5S/c1-4-30-24(29)18-14(3)19(20(27)25-17-12-8-5-9-13(17)2)32-22(18)26-21-15-10-6-7-11-16(15)23(28)31-21/h5-12,21,26H,4H2,1-3H3,(H,25,27). The largest absolute Gasteiger partial charge is 0.462 e. The van der Waals surface area contributed by atoms with E-state index < -0.39 is 18.2 Å². The number of hydrogen-bond donors (Lipinski definition) is 2. The summed E-state index contributed by atoms with van der Waals surface area (Å²) in [4.78, 5) is 38.3. The van der Waals surface area contributed by atoms with Gasteiger partial charge in [-0.15, -0.1) is 11.3 Å². The highest BCUT2D eigenvalue weighted by Gasteiger charge is 2.33. The van der Waals surface area contributed by atoms with Crippen LogP contribution in [0.2, 0.25) is 0 Å². The van der Waals surface area contributed by atoms with Gasteiger partial charge in [-0.25, -0.2) is 9.59 Å². The van der Waals surface area contributed by atoms with Gasteiger partial charge in [-0.05, 0) is 44.0 Å². The molecule has 1 amide bonds. The zero-order valence-electron chi connectivity index (χ0n) is 17.9. The molecule has 0 spiro atoms. The third-order valence-electron chi connectivity index (χ3n) is 5.18. The Morgan fingerprint density at radius 3 is 2.56 bits per heavy atom. The lowest BCUT2D eigenvalue weighted by atomic mass is 10.1. The van der Waals surface area contributed by atoms with E-state index in [2.05, 4.69) is 10.6 Å². The maximum Gasteiger partial charge on any atom is 0.341 e. The predicted octanol–water partition coefficient (Wildman–Crippen LogP) is 5.08. The SMILES string of the molecule is CCOC(=O)c1c(NC2OC(=O)c3ccccc32)sc(C(=O)Nc2ccccc2C)c1C. The topological polar surface area (TPSA) is 93.7 Å². The molecule has 32 heavy (non-hydrogen) atoms. The molecular weight excluding hydrogens is 428 g/mol. The lowest BCUT2D eigenvalue weighted by molar-refractivity contribution is 0.0437. The highest BCUT2D eigenvalue weighted by atomic mass is 32.1. The molecule has 8 heteroatoms. The molecule has 1 atom stereocenters. The van der Waals surface area contributed by atoms with Crippen LogP contribution in [-0.2, 0) is 9.47 Å². The van der Waals surface area contributed by atoms with Crippen LogP contribution in [0.5, 0.6) is 0 Å². The molecule has 1 aromatic heterocycles. The van der Waals surface area contributed by atoms with Gasteiger partial charge in [0.15, 0.2) is 0 Å². The van der Waals surface area contributed by atoms with Crippen molar-refractivity contribution < 1.29 is 23.9 Å². The molecule has 164 valence electrons. The highest BCUT2D eigenvalue weighted by molar-refractivity contribution is 7.18. The molecule has 0 radical (unpaired) electrons. The van der Waals surface area contributed by atoms with Crippen molar-refractivity contribution in [3.8, 4) is 0 Å². The second-order valence-corrected chi connectivity index (χ2v) is 8.29. The van der Waals surface area contributed by atoms with Gasteiger partial charge >= 0.3 is 11.9 Å². The van der Waals surface area contributed by atoms with Gasteiger partial charge in [-0.2, -0.15) is 0 Å². The van der Waals surface area contributed by atoms with Crippen LogP contribution in [0.3, 0.4) is 0 Å². The normalized spacial score (nSPS) is 14.5. The monoisotopic (exact) mass is 450 g/mol. The number of ether oxygens (including phenoxy) is 2. The maximum absolute atomic E-state index is 13.1. The average Bonchev–Trinajstić information content (AvgIpc) is 3.27. The molecule has 0 saturated heterocycles. The summed E-state index contributed by atoms with van der Waals surface area (Å²) in [5.41, 5.74) is 3.51. The van der Waals surface area contributed by atoms with Gasteiger partial charge in [0.25, 0.3) is 5.91 Å². The molecule has 2 N–H and O–H groups in total. The summed E-state index contributed by atoms with van der Waals surface area (Å²) >= 11 is 1.12. The molecule has 0 saturated carbocycles. The molecule has 7 nitrogen and oxygen atoms in total. The van der Waals surface area contributed by atoms with E-state index >= 15 is 0 Å². The lowest BCUT2D eigenvalue weighted by Crippen LogP contribution is -2.14. The summed E-state index contributed by atoms with van der Waals surface area (Å²) in [5.74, 6) is -1.32. The predicted molar refractivity (Wildman–Crippen MR) is 122 cm³/mol. The van der Waals surface area contributed by atoms with Gasteiger partial charge in [-0.1, -0.05) is 36.4 Å². The first-order valence-electron chi connectivity index (χ1n) is 10.1. The summed E-state index contributed by atoms with van der Waals surface area (Å²) < 4.78 is 10.7. The molecule has 1 aliphatic rings. The van der Waals surface area contributed by atoms with Gasteiger partial charge in [0, 0.05) is 11.3 Å². The van der Waals surface area contributed by atoms with E-state index in [1.165, 1.54) is 0 Å². The zero-order chi connectivity index (χ0) is 22.8. The number of cyclic esters (lactones) is 1. The minimum Gasteiger partial charge on any atom is -0.462 e. The van der Waals surface area contributed by atoms with Crippen LogP contribution in [0.25, 0.3) is 0 Å². The summed E-state index contributed by atoms with van der Waals surface area (Å²) in [5, 5.41) is 6.43. The molecule has 1 aliphatic heterocycles. The van der Waals surface area contributed by atoms with E-state index in [1.54, 1.807) is 32.0 Å². The van der Waals surface area contributed by atoms with Crippen molar-refractivity contribution in [2.24, 2.45) is 0 Å². The van der Waals surface area contributed by atoms with Crippen molar-refractivity contribution in [2.75, 3.05) is 17.2 Å². The number of fused-ring (bicyclic) bond motifs is 1. The first kappa shape index (κ1) is 21.6. The third kappa shape index (κ3) is 3.97. The second kappa shape index (κ2) is 8.84. The molecular formula is C24H22N2O5S. The van der Waals surface area contributed by atoms with Gasteiger partial charge in [-0.3, -0.25) is 4.79 Å². The van der Waals surface area contributed by atoms with Crippen molar-refractivity contribution in [2.45, 2.75) is 27.0 Å². The van der Waals surface area contributed by atoms with Crippen LogP contribution in [0.4, 0.5) is 10.7 Å². The van der Waals surface area contributed by atoms with Crippen molar-refractivity contribution >= 4 is 39.9 Å². The number of nitrogens with one attached hydrogen (secondary N) is 2. The van der Waals surface area contributed by atoms with Gasteiger partial charge in [0.05, 0.1) is 22.6 Å². The van der Waals surface area contributed by atoms with E-state index in [-0.39, 0.29) is 18.1 Å². The van der Waals surface area contributed by atoms with Crippen LogP contribution in [0.15, 0.2) is 48.5 Å². The number of esters is 2. The van der Waals surface area contributed by atoms with Gasteiger partial charge in [0.1, 0.15) is 5.00 Å². The number of thiophene rings is 1. The Morgan fingerprint density at radius 1 is 1.09 bits per heavy atom. The molecule has 2 aromatic carbocycles. The van der Waals surface area contributed by atoms with Crippen LogP contribution in [0, 0.1) is 13.8 Å². The van der Waals surface area contributed by atoms with E-state index in [0.29, 0.717) is 32.3 Å². The Balaban J connectivity index is 1.69. The van der Waals surface area contributed by atoms with Crippen molar-refractivity contribution in [1.29, 1.82) is 0 Å². The summed E-state index contributed by atoms with van der Waals surface area (Å²) in [6.45, 7) is 5.52. The number of hydrogen-bond acceptors (Lipinski definition) is 7. The minimum atomic E-state index is -0.766. The Hall–Kier alpha value is -3.65. The Morgan fingerprint density at radius 2 is 1.81 bits per heavy atom. The van der Waals surface area contributed by atoms with Crippen molar-refractivity contribution in [3.05, 3.63) is 81.2 Å². The second-order valence-electron chi connectivity index (χ2n) is 7.27. The molecule has 0 bridgehead atoms. The number of rotatable bonds is 6. The molecule has 0 fully saturated rings. The first-order valence-corrected chi connectivity index (χ1v) is 11.0. The molecule has 2 heterocycles. The smallest absolute Gasteiger partial charge is 0.341 e. The third-order valence-corrected chi connectivity index (χ3v) is 6.40. The van der Waals surface area contributed by atoms with Gasteiger partial charge in [0.2, 0.25) is 6.23 Å². The number of anilines is 2. The van der Waals surface area contributed by atoms with Crippen LogP contribution in [0.1, 0.15) is 60.2 Å². The van der Waals surface area contributed by atoms with Crippen molar-refractivity contribution in [3.63, 3.8) is 0 Å². The zero-order valence-corrected chi connectivity index (χ0v) is 18.7. The molecule has 3 aromatic rings. The number of carbonyl (C=O) groups is 3. The Labute approximate surface area is 189 Å². The summed E-state index contributed by atoms with van der Waals surface area (Å²) in [6, 6.07) is 14.5. The quantitative estimate of drug-likeness (QED) is 0.509. The Kier molecular flexibility index (Phi) is 5.96. The fourth-order valence-corrected chi connectivity index (χ4v) is 4.65.